The van der Waals surface area contributed by atoms with Crippen LogP contribution in [0, 0.1) is 12.7 Å². The molecule has 0 bridgehead atoms. The van der Waals surface area contributed by atoms with Crippen LogP contribution in [0.15, 0.2) is 53.3 Å². The number of aliphatic imine (C=N–C) groups is 1. The highest BCUT2D eigenvalue weighted by molar-refractivity contribution is 6.01. The molecule has 0 aliphatic heterocycles. The Labute approximate surface area is 175 Å². The van der Waals surface area contributed by atoms with Gasteiger partial charge in [0.2, 0.25) is 5.95 Å². The van der Waals surface area contributed by atoms with Crippen LogP contribution >= 0.6 is 0 Å². The number of rotatable bonds is 5. The molecule has 1 aliphatic rings. The van der Waals surface area contributed by atoms with Gasteiger partial charge >= 0.3 is 0 Å². The number of halogens is 1. The van der Waals surface area contributed by atoms with Crippen molar-refractivity contribution in [1.29, 1.82) is 0 Å². The van der Waals surface area contributed by atoms with Gasteiger partial charge in [0, 0.05) is 30.1 Å². The van der Waals surface area contributed by atoms with Gasteiger partial charge in [0.15, 0.2) is 5.65 Å². The first-order valence-corrected chi connectivity index (χ1v) is 10.4. The van der Waals surface area contributed by atoms with E-state index in [0.717, 1.165) is 65.9 Å². The molecule has 0 spiro atoms. The topological polar surface area (TPSA) is 80.6 Å². The van der Waals surface area contributed by atoms with Crippen molar-refractivity contribution in [1.82, 2.24) is 14.6 Å². The molecule has 0 amide bonds. The van der Waals surface area contributed by atoms with Gasteiger partial charge in [-0.05, 0) is 79.8 Å². The Morgan fingerprint density at radius 1 is 1.33 bits per heavy atom. The maximum atomic E-state index is 13.5. The second-order valence-electron chi connectivity index (χ2n) is 7.69. The predicted octanol–water partition coefficient (Wildman–Crippen LogP) is 4.50. The van der Waals surface area contributed by atoms with Gasteiger partial charge in [-0.2, -0.15) is 4.98 Å². The molecule has 1 saturated carbocycles. The fourth-order valence-corrected chi connectivity index (χ4v) is 3.96. The van der Waals surface area contributed by atoms with E-state index in [4.69, 9.17) is 10.7 Å². The number of nitrogens with one attached hydrogen (secondary N) is 1. The predicted molar refractivity (Wildman–Crippen MR) is 119 cm³/mol. The minimum Gasteiger partial charge on any atom is -0.404 e. The zero-order valence-corrected chi connectivity index (χ0v) is 17.4. The summed E-state index contributed by atoms with van der Waals surface area (Å²) in [5.41, 5.74) is 11.6. The van der Waals surface area contributed by atoms with Gasteiger partial charge in [-0.3, -0.25) is 4.99 Å². The lowest BCUT2D eigenvalue weighted by molar-refractivity contribution is 0.627. The molecular weight excluding hydrogens is 379 g/mol. The van der Waals surface area contributed by atoms with Crippen LogP contribution in [0.4, 0.5) is 10.3 Å². The van der Waals surface area contributed by atoms with Gasteiger partial charge in [-0.1, -0.05) is 13.0 Å². The number of aryl methyl sites for hydroxylation is 1. The average Bonchev–Trinajstić information content (AvgIpc) is 3.15. The Kier molecular flexibility index (Phi) is 5.79. The van der Waals surface area contributed by atoms with Crippen molar-refractivity contribution in [3.8, 4) is 11.1 Å². The van der Waals surface area contributed by atoms with Crippen LogP contribution < -0.4 is 11.1 Å². The van der Waals surface area contributed by atoms with Crippen LogP contribution in [0.3, 0.4) is 0 Å². The summed E-state index contributed by atoms with van der Waals surface area (Å²) >= 11 is 0. The third kappa shape index (κ3) is 4.06. The number of hydrogen-bond donors (Lipinski definition) is 2. The summed E-state index contributed by atoms with van der Waals surface area (Å²) in [7, 11) is 0. The molecule has 30 heavy (non-hydrogen) atoms. The van der Waals surface area contributed by atoms with Crippen LogP contribution in [0.2, 0.25) is 0 Å². The largest absolute Gasteiger partial charge is 0.404 e. The second-order valence-corrected chi connectivity index (χ2v) is 7.69. The summed E-state index contributed by atoms with van der Waals surface area (Å²) in [6.07, 6.45) is 7.24. The third-order valence-electron chi connectivity index (χ3n) is 5.47. The summed E-state index contributed by atoms with van der Waals surface area (Å²) in [4.78, 5) is 9.40. The van der Waals surface area contributed by atoms with Gasteiger partial charge in [-0.15, -0.1) is 5.10 Å². The van der Waals surface area contributed by atoms with Gasteiger partial charge in [0.1, 0.15) is 5.82 Å². The first kappa shape index (κ1) is 20.1. The van der Waals surface area contributed by atoms with Gasteiger partial charge in [-0.25, -0.2) is 8.91 Å². The number of anilines is 1. The van der Waals surface area contributed by atoms with E-state index in [9.17, 15) is 4.39 Å². The monoisotopic (exact) mass is 406 g/mol. The smallest absolute Gasteiger partial charge is 0.243 e. The normalized spacial score (nSPS) is 19.6. The minimum absolute atomic E-state index is 0.203. The summed E-state index contributed by atoms with van der Waals surface area (Å²) < 4.78 is 15.3. The van der Waals surface area contributed by atoms with Crippen LogP contribution in [0.1, 0.15) is 38.2 Å². The Balaban J connectivity index is 1.58. The molecule has 3 N–H and O–H groups in total. The van der Waals surface area contributed by atoms with Crippen LogP contribution in [-0.2, 0) is 0 Å². The highest BCUT2D eigenvalue weighted by atomic mass is 19.1. The molecule has 1 fully saturated rings. The number of benzene rings is 1. The number of hydrogen-bond acceptors (Lipinski definition) is 5. The van der Waals surface area contributed by atoms with E-state index < -0.39 is 0 Å². The van der Waals surface area contributed by atoms with Gasteiger partial charge in [0.05, 0.1) is 0 Å². The maximum Gasteiger partial charge on any atom is 0.243 e. The molecule has 1 aliphatic carbocycles. The van der Waals surface area contributed by atoms with Crippen molar-refractivity contribution < 1.29 is 4.39 Å². The van der Waals surface area contributed by atoms with Crippen molar-refractivity contribution in [3.63, 3.8) is 0 Å². The fourth-order valence-electron chi connectivity index (χ4n) is 3.96. The Morgan fingerprint density at radius 2 is 2.20 bits per heavy atom. The first-order chi connectivity index (χ1) is 14.6. The molecule has 3 aromatic rings. The highest BCUT2D eigenvalue weighted by Crippen LogP contribution is 2.29. The van der Waals surface area contributed by atoms with Gasteiger partial charge in [0.25, 0.3) is 0 Å². The standard InChI is InChI=1S/C23H27FN6/c1-3-10-26-21-9-7-18(13-16(21)14-25)27-23-28-22-20(5-4-11-30(22)29-23)19-8-6-17(24)12-15(19)2/h4-6,8,11-12,14,18H,3,7,9-10,13,25H2,1-2H3,(H,27,29). The van der Waals surface area contributed by atoms with E-state index in [0.29, 0.717) is 5.95 Å². The fraction of sp³-hybridized carbons (Fsp3) is 0.348. The van der Waals surface area contributed by atoms with Crippen molar-refractivity contribution in [3.05, 3.63) is 59.7 Å². The highest BCUT2D eigenvalue weighted by Gasteiger charge is 2.23. The van der Waals surface area contributed by atoms with Crippen LogP contribution in [-0.4, -0.2) is 32.9 Å². The zero-order chi connectivity index (χ0) is 21.1. The third-order valence-corrected chi connectivity index (χ3v) is 5.47. The van der Waals surface area contributed by atoms with Crippen molar-refractivity contribution in [2.24, 2.45) is 10.7 Å². The molecule has 1 unspecified atom stereocenters. The number of pyridine rings is 1. The lowest BCUT2D eigenvalue weighted by atomic mass is 9.89. The number of nitrogens with two attached hydrogens (primary N) is 1. The number of fused-ring (bicyclic) bond motifs is 1. The summed E-state index contributed by atoms with van der Waals surface area (Å²) in [5.74, 6) is 0.340. The van der Waals surface area contributed by atoms with Crippen LogP contribution in [0.25, 0.3) is 16.8 Å². The Hall–Kier alpha value is -3.22. The zero-order valence-electron chi connectivity index (χ0n) is 17.4. The molecule has 1 atom stereocenters. The SMILES string of the molecule is CCCN=C1CCC(Nc2nc3c(-c4ccc(F)cc4C)cccn3n2)CC1=CN. The lowest BCUT2D eigenvalue weighted by Crippen LogP contribution is -2.29. The molecule has 0 saturated heterocycles. The Morgan fingerprint density at radius 3 is 2.97 bits per heavy atom. The molecule has 156 valence electrons. The summed E-state index contributed by atoms with van der Waals surface area (Å²) in [6, 6.07) is 8.92. The lowest BCUT2D eigenvalue weighted by Gasteiger charge is -2.26. The van der Waals surface area contributed by atoms with E-state index in [-0.39, 0.29) is 11.9 Å². The molecule has 6 nitrogen and oxygen atoms in total. The number of aromatic nitrogens is 3. The van der Waals surface area contributed by atoms with E-state index in [1.165, 1.54) is 12.1 Å². The average molecular weight is 407 g/mol. The molecule has 1 aromatic carbocycles. The van der Waals surface area contributed by atoms with E-state index >= 15 is 0 Å². The van der Waals surface area contributed by atoms with E-state index in [1.807, 2.05) is 25.3 Å². The van der Waals surface area contributed by atoms with Crippen molar-refractivity contribution in [2.45, 2.75) is 45.6 Å². The first-order valence-electron chi connectivity index (χ1n) is 10.4. The van der Waals surface area contributed by atoms with Crippen molar-refractivity contribution in [2.75, 3.05) is 11.9 Å². The molecule has 0 radical (unpaired) electrons. The second kappa shape index (κ2) is 8.65. The van der Waals surface area contributed by atoms with E-state index in [2.05, 4.69) is 22.3 Å². The molecule has 2 heterocycles. The Bertz CT molecular complexity index is 1110. The van der Waals surface area contributed by atoms with Gasteiger partial charge < -0.3 is 11.1 Å². The van der Waals surface area contributed by atoms with E-state index in [1.54, 1.807) is 16.8 Å². The quantitative estimate of drug-likeness (QED) is 0.654. The maximum absolute atomic E-state index is 13.5. The molecular formula is C23H27FN6. The molecule has 4 rings (SSSR count). The van der Waals surface area contributed by atoms with Crippen LogP contribution in [0.5, 0.6) is 0 Å². The molecule has 7 heteroatoms. The van der Waals surface area contributed by atoms with Crippen molar-refractivity contribution >= 4 is 17.3 Å². The summed E-state index contributed by atoms with van der Waals surface area (Å²) in [5, 5.41) is 8.06. The molecule has 2 aromatic heterocycles. The number of nitrogens with zero attached hydrogens (tertiary/aromatic N) is 4. The minimum atomic E-state index is -0.241. The summed E-state index contributed by atoms with van der Waals surface area (Å²) in [6.45, 7) is 4.86.